The number of ketones is 1. The number of piperidine rings is 1. The van der Waals surface area contributed by atoms with E-state index >= 15 is 0 Å². The fourth-order valence-electron chi connectivity index (χ4n) is 4.36. The largest absolute Gasteiger partial charge is 0.486 e. The maximum atomic E-state index is 12.7. The van der Waals surface area contributed by atoms with Gasteiger partial charge in [-0.2, -0.15) is 0 Å². The molecule has 0 unspecified atom stereocenters. The Kier molecular flexibility index (Phi) is 5.51. The first-order chi connectivity index (χ1) is 15.4. The van der Waals surface area contributed by atoms with Crippen LogP contribution < -0.4 is 14.2 Å². The molecule has 3 heterocycles. The molecule has 1 spiro atoms. The minimum atomic E-state index is -0.641. The number of hydrogen-bond acceptors (Lipinski definition) is 5. The zero-order valence-electron chi connectivity index (χ0n) is 17.2. The summed E-state index contributed by atoms with van der Waals surface area (Å²) in [5, 5.41) is 0.743. The van der Waals surface area contributed by atoms with Gasteiger partial charge in [-0.3, -0.25) is 9.59 Å². The summed E-state index contributed by atoms with van der Waals surface area (Å²) >= 11 is 12.3. The Labute approximate surface area is 195 Å². The zero-order valence-corrected chi connectivity index (χ0v) is 18.7. The van der Waals surface area contributed by atoms with Gasteiger partial charge in [-0.25, -0.2) is 0 Å². The summed E-state index contributed by atoms with van der Waals surface area (Å²) in [6.07, 6.45) is 4.70. The Hall–Kier alpha value is -2.70. The zero-order chi connectivity index (χ0) is 22.3. The van der Waals surface area contributed by atoms with E-state index in [9.17, 15) is 9.59 Å². The van der Waals surface area contributed by atoms with Gasteiger partial charge >= 0.3 is 0 Å². The number of Topliss-reactive ketones (excluding diaryl/α,β-unsaturated/α-hetero) is 1. The van der Waals surface area contributed by atoms with E-state index in [0.717, 1.165) is 5.56 Å². The van der Waals surface area contributed by atoms with Gasteiger partial charge in [-0.1, -0.05) is 29.3 Å². The second-order valence-corrected chi connectivity index (χ2v) is 9.05. The molecule has 0 saturated carbocycles. The monoisotopic (exact) mass is 473 g/mol. The molecule has 0 atom stereocenters. The number of nitrogens with zero attached hydrogens (tertiary/aromatic N) is 1. The minimum Gasteiger partial charge on any atom is -0.486 e. The number of carbonyl (C=O) groups is 2. The van der Waals surface area contributed by atoms with Crippen LogP contribution in [0.2, 0.25) is 10.0 Å². The molecule has 8 heteroatoms. The molecular formula is C24H21Cl2NO5. The number of hydrogen-bond donors (Lipinski definition) is 0. The molecule has 3 aliphatic heterocycles. The summed E-state index contributed by atoms with van der Waals surface area (Å²) in [7, 11) is 0. The minimum absolute atomic E-state index is 0.0334. The second kappa shape index (κ2) is 8.34. The Balaban J connectivity index is 1.24. The molecule has 3 aliphatic rings. The number of rotatable bonds is 2. The summed E-state index contributed by atoms with van der Waals surface area (Å²) in [6, 6.07) is 8.77. The highest BCUT2D eigenvalue weighted by Gasteiger charge is 2.44. The maximum absolute atomic E-state index is 12.7. The molecule has 6 nitrogen and oxygen atoms in total. The van der Waals surface area contributed by atoms with Gasteiger partial charge in [0.2, 0.25) is 5.91 Å². The normalized spacial score (nSPS) is 19.1. The van der Waals surface area contributed by atoms with Crippen LogP contribution in [0.25, 0.3) is 6.08 Å². The maximum Gasteiger partial charge on any atom is 0.246 e. The lowest BCUT2D eigenvalue weighted by Gasteiger charge is -2.44. The van der Waals surface area contributed by atoms with Gasteiger partial charge in [0, 0.05) is 37.0 Å². The molecule has 1 amide bonds. The van der Waals surface area contributed by atoms with Gasteiger partial charge < -0.3 is 19.1 Å². The SMILES string of the molecule is O=C1CC2(CCN(C(=O)/C=C\c3ccc4c(c3)OCCO4)CC2)Oc2c(Cl)cc(Cl)cc21. The number of benzene rings is 2. The lowest BCUT2D eigenvalue weighted by atomic mass is 9.82. The van der Waals surface area contributed by atoms with Gasteiger partial charge in [0.15, 0.2) is 17.3 Å². The van der Waals surface area contributed by atoms with Crippen molar-refractivity contribution < 1.29 is 23.8 Å². The van der Waals surface area contributed by atoms with Crippen molar-refractivity contribution >= 4 is 41.0 Å². The van der Waals surface area contributed by atoms with E-state index < -0.39 is 5.60 Å². The number of carbonyl (C=O) groups excluding carboxylic acids is 2. The Morgan fingerprint density at radius 1 is 1.03 bits per heavy atom. The third kappa shape index (κ3) is 4.05. The van der Waals surface area contributed by atoms with E-state index in [0.29, 0.717) is 72.0 Å². The Bertz CT molecular complexity index is 1120. The van der Waals surface area contributed by atoms with Crippen LogP contribution in [0.5, 0.6) is 17.2 Å². The summed E-state index contributed by atoms with van der Waals surface area (Å²) in [4.78, 5) is 27.2. The second-order valence-electron chi connectivity index (χ2n) is 8.21. The predicted octanol–water partition coefficient (Wildman–Crippen LogP) is 4.80. The molecule has 0 N–H and O–H groups in total. The van der Waals surface area contributed by atoms with Crippen LogP contribution in [-0.4, -0.2) is 48.5 Å². The van der Waals surface area contributed by atoms with Crippen LogP contribution in [0.15, 0.2) is 36.4 Å². The lowest BCUT2D eigenvalue weighted by Crippen LogP contribution is -2.52. The molecular weight excluding hydrogens is 453 g/mol. The van der Waals surface area contributed by atoms with Crippen LogP contribution in [0.3, 0.4) is 0 Å². The van der Waals surface area contributed by atoms with Crippen LogP contribution in [0.4, 0.5) is 0 Å². The van der Waals surface area contributed by atoms with Crippen molar-refractivity contribution in [3.8, 4) is 17.2 Å². The number of ether oxygens (including phenoxy) is 3. The van der Waals surface area contributed by atoms with Crippen molar-refractivity contribution in [1.82, 2.24) is 4.90 Å². The van der Waals surface area contributed by atoms with E-state index in [2.05, 4.69) is 0 Å². The van der Waals surface area contributed by atoms with E-state index in [-0.39, 0.29) is 18.1 Å². The van der Waals surface area contributed by atoms with Gasteiger partial charge in [0.25, 0.3) is 0 Å². The average molecular weight is 474 g/mol. The number of halogens is 2. The van der Waals surface area contributed by atoms with Crippen LogP contribution in [-0.2, 0) is 4.79 Å². The third-order valence-electron chi connectivity index (χ3n) is 6.08. The first-order valence-corrected chi connectivity index (χ1v) is 11.3. The molecule has 2 aromatic carbocycles. The standard InChI is InChI=1S/C24H21Cl2NO5/c25-16-12-17-19(28)14-24(32-23(17)18(26)13-16)5-7-27(8-6-24)22(29)4-2-15-1-3-20-21(11-15)31-10-9-30-20/h1-4,11-13H,5-10,14H2/b4-2-. The van der Waals surface area contributed by atoms with Crippen molar-refractivity contribution in [3.05, 3.63) is 57.6 Å². The number of amides is 1. The molecule has 5 rings (SSSR count). The summed E-state index contributed by atoms with van der Waals surface area (Å²) in [6.45, 7) is 2.05. The van der Waals surface area contributed by atoms with Crippen molar-refractivity contribution in [2.24, 2.45) is 0 Å². The average Bonchev–Trinajstić information content (AvgIpc) is 2.79. The van der Waals surface area contributed by atoms with Crippen molar-refractivity contribution in [1.29, 1.82) is 0 Å². The first kappa shape index (κ1) is 21.2. The summed E-state index contributed by atoms with van der Waals surface area (Å²) < 4.78 is 17.3. The highest BCUT2D eigenvalue weighted by atomic mass is 35.5. The fraction of sp³-hybridized carbons (Fsp3) is 0.333. The predicted molar refractivity (Wildman–Crippen MR) is 121 cm³/mol. The smallest absolute Gasteiger partial charge is 0.246 e. The highest BCUT2D eigenvalue weighted by molar-refractivity contribution is 6.36. The van der Waals surface area contributed by atoms with Crippen LogP contribution in [0, 0.1) is 0 Å². The summed E-state index contributed by atoms with van der Waals surface area (Å²) in [5.74, 6) is 1.68. The van der Waals surface area contributed by atoms with E-state index in [1.165, 1.54) is 0 Å². The molecule has 166 valence electrons. The molecule has 0 aliphatic carbocycles. The molecule has 2 aromatic rings. The molecule has 0 aromatic heterocycles. The van der Waals surface area contributed by atoms with Crippen molar-refractivity contribution in [2.75, 3.05) is 26.3 Å². The molecule has 1 saturated heterocycles. The number of likely N-dealkylation sites (tertiary alicyclic amines) is 1. The van der Waals surface area contributed by atoms with E-state index in [1.54, 1.807) is 29.2 Å². The van der Waals surface area contributed by atoms with E-state index in [1.807, 2.05) is 18.2 Å². The fourth-order valence-corrected chi connectivity index (χ4v) is 4.89. The van der Waals surface area contributed by atoms with Crippen LogP contribution in [0.1, 0.15) is 35.2 Å². The van der Waals surface area contributed by atoms with Gasteiger partial charge in [0.1, 0.15) is 24.6 Å². The molecule has 0 bridgehead atoms. The lowest BCUT2D eigenvalue weighted by molar-refractivity contribution is -0.129. The Morgan fingerprint density at radius 3 is 2.56 bits per heavy atom. The van der Waals surface area contributed by atoms with Crippen molar-refractivity contribution in [2.45, 2.75) is 24.9 Å². The van der Waals surface area contributed by atoms with Gasteiger partial charge in [-0.15, -0.1) is 0 Å². The van der Waals surface area contributed by atoms with E-state index in [4.69, 9.17) is 37.4 Å². The highest BCUT2D eigenvalue weighted by Crippen LogP contribution is 2.44. The topological polar surface area (TPSA) is 65.1 Å². The first-order valence-electron chi connectivity index (χ1n) is 10.5. The van der Waals surface area contributed by atoms with Gasteiger partial charge in [0.05, 0.1) is 17.0 Å². The quantitative estimate of drug-likeness (QED) is 0.585. The molecule has 1 fully saturated rings. The van der Waals surface area contributed by atoms with Crippen LogP contribution >= 0.6 is 23.2 Å². The molecule has 0 radical (unpaired) electrons. The van der Waals surface area contributed by atoms with Gasteiger partial charge in [-0.05, 0) is 35.9 Å². The Morgan fingerprint density at radius 2 is 1.78 bits per heavy atom. The third-order valence-corrected chi connectivity index (χ3v) is 6.58. The summed E-state index contributed by atoms with van der Waals surface area (Å²) in [5.41, 5.74) is 0.647. The van der Waals surface area contributed by atoms with Crippen molar-refractivity contribution in [3.63, 3.8) is 0 Å². The molecule has 32 heavy (non-hydrogen) atoms. The number of fused-ring (bicyclic) bond motifs is 2.